The summed E-state index contributed by atoms with van der Waals surface area (Å²) < 4.78 is 12.3. The van der Waals surface area contributed by atoms with Crippen molar-refractivity contribution in [1.82, 2.24) is 4.90 Å². The van der Waals surface area contributed by atoms with Crippen molar-refractivity contribution in [3.05, 3.63) is 131 Å². The number of para-hydroxylation sites is 2. The standard InChI is InChI=1S/C35H31N3O6/c36-32(40)27-29-33(41)44-30(22-13-5-2-6-14-22)28(21-11-3-1-4-12-21)38(29)31(23-15-7-10-18-26(23)43-20-19-39)35(27)24-16-8-9-17-25(24)37-34(35)42/h1-18,27-31,39H,19-20H2,(H2,36,40)(H,37,42). The van der Waals surface area contributed by atoms with E-state index in [1.54, 1.807) is 30.3 Å². The number of hydrogen-bond donors (Lipinski definition) is 3. The first-order valence-corrected chi connectivity index (χ1v) is 14.6. The third kappa shape index (κ3) is 4.04. The van der Waals surface area contributed by atoms with Crippen LogP contribution in [0.15, 0.2) is 109 Å². The van der Waals surface area contributed by atoms with Crippen LogP contribution in [0.1, 0.15) is 40.4 Å². The zero-order chi connectivity index (χ0) is 30.4. The fraction of sp³-hybridized carbons (Fsp3) is 0.229. The number of benzene rings is 4. The minimum Gasteiger partial charge on any atom is -0.491 e. The number of fused-ring (bicyclic) bond motifs is 3. The Balaban J connectivity index is 1.57. The highest BCUT2D eigenvalue weighted by Crippen LogP contribution is 2.65. The fourth-order valence-corrected chi connectivity index (χ4v) is 7.54. The molecule has 9 heteroatoms. The van der Waals surface area contributed by atoms with Crippen LogP contribution in [0.2, 0.25) is 0 Å². The molecule has 4 aromatic rings. The van der Waals surface area contributed by atoms with Gasteiger partial charge in [0, 0.05) is 11.3 Å². The summed E-state index contributed by atoms with van der Waals surface area (Å²) in [6.07, 6.45) is -0.765. The van der Waals surface area contributed by atoms with E-state index in [9.17, 15) is 19.5 Å². The van der Waals surface area contributed by atoms with E-state index in [-0.39, 0.29) is 13.2 Å². The Labute approximate surface area is 254 Å². The highest BCUT2D eigenvalue weighted by atomic mass is 16.6. The highest BCUT2D eigenvalue weighted by molar-refractivity contribution is 6.11. The van der Waals surface area contributed by atoms with Gasteiger partial charge in [-0.25, -0.2) is 0 Å². The number of nitrogens with one attached hydrogen (secondary N) is 1. The molecule has 3 aliphatic rings. The molecular weight excluding hydrogens is 558 g/mol. The number of hydrogen-bond acceptors (Lipinski definition) is 7. The first-order chi connectivity index (χ1) is 21.5. The van der Waals surface area contributed by atoms with Gasteiger partial charge >= 0.3 is 5.97 Å². The van der Waals surface area contributed by atoms with E-state index in [4.69, 9.17) is 15.2 Å². The summed E-state index contributed by atoms with van der Waals surface area (Å²) in [6.45, 7) is -0.211. The smallest absolute Gasteiger partial charge is 0.324 e. The van der Waals surface area contributed by atoms with Crippen molar-refractivity contribution < 1.29 is 29.0 Å². The van der Waals surface area contributed by atoms with Crippen LogP contribution in [-0.4, -0.2) is 47.0 Å². The first-order valence-electron chi connectivity index (χ1n) is 14.6. The third-order valence-corrected chi connectivity index (χ3v) is 9.08. The molecule has 0 bridgehead atoms. The number of aliphatic hydroxyl groups excluding tert-OH is 1. The van der Waals surface area contributed by atoms with Gasteiger partial charge in [-0.2, -0.15) is 0 Å². The van der Waals surface area contributed by atoms with Gasteiger partial charge in [-0.05, 0) is 28.8 Å². The number of amides is 2. The van der Waals surface area contributed by atoms with E-state index in [2.05, 4.69) is 5.32 Å². The molecule has 0 saturated carbocycles. The van der Waals surface area contributed by atoms with Crippen LogP contribution in [0.25, 0.3) is 0 Å². The average Bonchev–Trinajstić information content (AvgIpc) is 3.53. The van der Waals surface area contributed by atoms with Crippen LogP contribution >= 0.6 is 0 Å². The molecule has 0 aliphatic carbocycles. The molecule has 1 spiro atoms. The van der Waals surface area contributed by atoms with E-state index in [1.807, 2.05) is 83.8 Å². The molecule has 222 valence electrons. The van der Waals surface area contributed by atoms with E-state index >= 15 is 0 Å². The van der Waals surface area contributed by atoms with Crippen molar-refractivity contribution in [2.24, 2.45) is 11.7 Å². The van der Waals surface area contributed by atoms with Crippen molar-refractivity contribution in [3.63, 3.8) is 0 Å². The second-order valence-electron chi connectivity index (χ2n) is 11.3. The van der Waals surface area contributed by atoms with E-state index in [0.717, 1.165) is 11.1 Å². The summed E-state index contributed by atoms with van der Waals surface area (Å²) in [4.78, 5) is 44.5. The maximum absolute atomic E-state index is 14.5. The largest absolute Gasteiger partial charge is 0.491 e. The molecule has 6 unspecified atom stereocenters. The van der Waals surface area contributed by atoms with Crippen LogP contribution in [0.5, 0.6) is 5.75 Å². The van der Waals surface area contributed by atoms with Gasteiger partial charge in [0.15, 0.2) is 0 Å². The van der Waals surface area contributed by atoms with Gasteiger partial charge in [0.1, 0.15) is 29.9 Å². The molecule has 44 heavy (non-hydrogen) atoms. The second-order valence-corrected chi connectivity index (χ2v) is 11.3. The topological polar surface area (TPSA) is 131 Å². The quantitative estimate of drug-likeness (QED) is 0.280. The number of anilines is 1. The Morgan fingerprint density at radius 2 is 1.50 bits per heavy atom. The van der Waals surface area contributed by atoms with Crippen LogP contribution in [0.3, 0.4) is 0 Å². The van der Waals surface area contributed by atoms with Crippen LogP contribution in [0, 0.1) is 5.92 Å². The number of esters is 1. The monoisotopic (exact) mass is 589 g/mol. The lowest BCUT2D eigenvalue weighted by Crippen LogP contribution is -2.53. The number of aliphatic hydroxyl groups is 1. The molecule has 7 rings (SSSR count). The predicted octanol–water partition coefficient (Wildman–Crippen LogP) is 3.81. The fourth-order valence-electron chi connectivity index (χ4n) is 7.54. The Morgan fingerprint density at radius 3 is 2.20 bits per heavy atom. The van der Waals surface area contributed by atoms with Crippen molar-refractivity contribution >= 4 is 23.5 Å². The Hall–Kier alpha value is -4.99. The third-order valence-electron chi connectivity index (χ3n) is 9.08. The minimum absolute atomic E-state index is 0.0129. The minimum atomic E-state index is -1.61. The van der Waals surface area contributed by atoms with Crippen LogP contribution in [-0.2, 0) is 24.5 Å². The summed E-state index contributed by atoms with van der Waals surface area (Å²) in [7, 11) is 0. The summed E-state index contributed by atoms with van der Waals surface area (Å²) in [5.74, 6) is -2.71. The summed E-state index contributed by atoms with van der Waals surface area (Å²) in [6, 6.07) is 30.8. The number of nitrogens with zero attached hydrogens (tertiary/aromatic N) is 1. The molecule has 3 aliphatic heterocycles. The average molecular weight is 590 g/mol. The van der Waals surface area contributed by atoms with Gasteiger partial charge in [0.05, 0.1) is 24.6 Å². The number of ether oxygens (including phenoxy) is 2. The van der Waals surface area contributed by atoms with Gasteiger partial charge in [-0.3, -0.25) is 19.3 Å². The molecule has 3 heterocycles. The molecule has 4 N–H and O–H groups in total. The second kappa shape index (κ2) is 10.9. The lowest BCUT2D eigenvalue weighted by Gasteiger charge is -2.46. The van der Waals surface area contributed by atoms with Crippen molar-refractivity contribution in [2.75, 3.05) is 18.5 Å². The Morgan fingerprint density at radius 1 is 0.864 bits per heavy atom. The van der Waals surface area contributed by atoms with E-state index in [1.165, 1.54) is 0 Å². The summed E-state index contributed by atoms with van der Waals surface area (Å²) in [5, 5.41) is 12.6. The summed E-state index contributed by atoms with van der Waals surface area (Å²) in [5.41, 5.74) is 7.91. The zero-order valence-corrected chi connectivity index (χ0v) is 23.7. The van der Waals surface area contributed by atoms with Gasteiger partial charge in [0.2, 0.25) is 11.8 Å². The molecule has 2 fully saturated rings. The molecule has 9 nitrogen and oxygen atoms in total. The van der Waals surface area contributed by atoms with E-state index < -0.39 is 53.3 Å². The number of morpholine rings is 1. The number of rotatable bonds is 7. The maximum atomic E-state index is 14.5. The Bertz CT molecular complexity index is 1730. The molecule has 2 saturated heterocycles. The molecule has 0 radical (unpaired) electrons. The van der Waals surface area contributed by atoms with Gasteiger partial charge in [-0.15, -0.1) is 0 Å². The molecule has 4 aromatic carbocycles. The maximum Gasteiger partial charge on any atom is 0.324 e. The number of carbonyl (C=O) groups is 3. The number of primary amides is 1. The van der Waals surface area contributed by atoms with Gasteiger partial charge < -0.3 is 25.6 Å². The SMILES string of the molecule is NC(=O)C1C2C(=O)OC(c3ccccc3)C(c3ccccc3)N2C(c2ccccc2OCCO)C12C(=O)Nc1ccccc12. The van der Waals surface area contributed by atoms with Gasteiger partial charge in [0.25, 0.3) is 0 Å². The normalized spacial score (nSPS) is 27.3. The first kappa shape index (κ1) is 27.8. The summed E-state index contributed by atoms with van der Waals surface area (Å²) >= 11 is 0. The lowest BCUT2D eigenvalue weighted by atomic mass is 9.65. The van der Waals surface area contributed by atoms with Gasteiger partial charge in [-0.1, -0.05) is 97.1 Å². The number of nitrogens with two attached hydrogens (primary N) is 1. The highest BCUT2D eigenvalue weighted by Gasteiger charge is 2.74. The zero-order valence-electron chi connectivity index (χ0n) is 23.7. The van der Waals surface area contributed by atoms with Crippen molar-refractivity contribution in [1.29, 1.82) is 0 Å². The molecule has 0 aromatic heterocycles. The van der Waals surface area contributed by atoms with E-state index in [0.29, 0.717) is 22.6 Å². The number of carbonyl (C=O) groups excluding carboxylic acids is 3. The molecule has 6 atom stereocenters. The van der Waals surface area contributed by atoms with Crippen LogP contribution in [0.4, 0.5) is 5.69 Å². The molecular formula is C35H31N3O6. The van der Waals surface area contributed by atoms with Crippen molar-refractivity contribution in [3.8, 4) is 5.75 Å². The lowest BCUT2D eigenvalue weighted by molar-refractivity contribution is -0.178. The Kier molecular flexibility index (Phi) is 6.91. The number of cyclic esters (lactones) is 1. The molecule has 2 amide bonds. The predicted molar refractivity (Wildman–Crippen MR) is 161 cm³/mol. The van der Waals surface area contributed by atoms with Crippen LogP contribution < -0.4 is 15.8 Å². The van der Waals surface area contributed by atoms with Crippen molar-refractivity contribution in [2.45, 2.75) is 29.6 Å².